The molecule has 0 radical (unpaired) electrons. The Kier molecular flexibility index (Phi) is 10.4. The van der Waals surface area contributed by atoms with Crippen LogP contribution < -0.4 is 21.8 Å². The molecule has 4 aromatic heterocycles. The summed E-state index contributed by atoms with van der Waals surface area (Å²) in [4.78, 5) is 73.9. The van der Waals surface area contributed by atoms with Crippen molar-refractivity contribution < 1.29 is 23.2 Å². The van der Waals surface area contributed by atoms with E-state index in [2.05, 4.69) is 40.5 Å². The number of carbonyl (C=O) groups is 2. The van der Waals surface area contributed by atoms with Crippen molar-refractivity contribution in [1.82, 2.24) is 40.5 Å². The van der Waals surface area contributed by atoms with E-state index >= 15 is 0 Å². The van der Waals surface area contributed by atoms with Gasteiger partial charge in [0.2, 0.25) is 12.5 Å². The summed E-state index contributed by atoms with van der Waals surface area (Å²) >= 11 is 0. The van der Waals surface area contributed by atoms with E-state index in [1.165, 1.54) is 12.4 Å². The minimum atomic E-state index is -3.09. The fraction of sp³-hybridized carbons (Fsp3) is 0.0588. The van der Waals surface area contributed by atoms with Crippen molar-refractivity contribution in [3.63, 3.8) is 0 Å². The summed E-state index contributed by atoms with van der Waals surface area (Å²) in [5.74, 6) is -1.43. The van der Waals surface area contributed by atoms with Gasteiger partial charge in [-0.05, 0) is 24.3 Å². The molecule has 2 unspecified atom stereocenters. The minimum Gasteiger partial charge on any atom is -0.318 e. The van der Waals surface area contributed by atoms with E-state index in [-0.39, 0.29) is 22.8 Å². The largest absolute Gasteiger partial charge is 0.702 e. The van der Waals surface area contributed by atoms with Crippen LogP contribution in [0.4, 0.5) is 0 Å². The smallest absolute Gasteiger partial charge is 0.318 e. The van der Waals surface area contributed by atoms with Gasteiger partial charge in [-0.1, -0.05) is 81.8 Å². The Balaban J connectivity index is 1.20. The van der Waals surface area contributed by atoms with Crippen molar-refractivity contribution in [2.45, 2.75) is 12.5 Å². The second-order valence-corrected chi connectivity index (χ2v) is 11.2. The van der Waals surface area contributed by atoms with Gasteiger partial charge < -0.3 is 20.6 Å². The SMILES string of the molecule is O=C(NC(O[P+](=O)OC(NC(=O)c1cnc(-c2ccccn2)[nH]c1=O)c1ccccc1)c1ccccc1)c1cnc(-c2ccccn2)[nH]c1=O. The van der Waals surface area contributed by atoms with Gasteiger partial charge in [0.15, 0.2) is 11.6 Å². The van der Waals surface area contributed by atoms with E-state index in [9.17, 15) is 23.7 Å². The number of H-pyrrole nitrogens is 2. The predicted molar refractivity (Wildman–Crippen MR) is 179 cm³/mol. The summed E-state index contributed by atoms with van der Waals surface area (Å²) in [5.41, 5.74) is -0.621. The minimum absolute atomic E-state index is 0.162. The van der Waals surface area contributed by atoms with E-state index in [4.69, 9.17) is 9.05 Å². The van der Waals surface area contributed by atoms with Crippen molar-refractivity contribution in [3.05, 3.63) is 165 Å². The maximum Gasteiger partial charge on any atom is 0.702 e. The molecule has 2 amide bonds. The lowest BCUT2D eigenvalue weighted by atomic mass is 10.2. The molecule has 16 heteroatoms. The Morgan fingerprint density at radius 2 is 0.980 bits per heavy atom. The predicted octanol–water partition coefficient (Wildman–Crippen LogP) is 4.23. The Morgan fingerprint density at radius 1 is 0.580 bits per heavy atom. The fourth-order valence-corrected chi connectivity index (χ4v) is 5.31. The molecule has 0 aliphatic carbocycles. The highest BCUT2D eigenvalue weighted by molar-refractivity contribution is 7.33. The molecule has 248 valence electrons. The average molecular weight is 690 g/mol. The van der Waals surface area contributed by atoms with Crippen molar-refractivity contribution in [2.24, 2.45) is 0 Å². The number of hydrogen-bond donors (Lipinski definition) is 4. The van der Waals surface area contributed by atoms with Crippen LogP contribution in [0.3, 0.4) is 0 Å². The van der Waals surface area contributed by atoms with Crippen LogP contribution in [0.1, 0.15) is 44.3 Å². The van der Waals surface area contributed by atoms with Crippen LogP contribution in [0.5, 0.6) is 0 Å². The zero-order valence-corrected chi connectivity index (χ0v) is 26.7. The monoisotopic (exact) mass is 689 g/mol. The zero-order chi connectivity index (χ0) is 34.9. The number of pyridine rings is 2. The Bertz CT molecular complexity index is 2080. The molecule has 6 aromatic rings. The van der Waals surface area contributed by atoms with Crippen LogP contribution in [0.2, 0.25) is 0 Å². The van der Waals surface area contributed by atoms with Gasteiger partial charge in [0.25, 0.3) is 22.9 Å². The highest BCUT2D eigenvalue weighted by Gasteiger charge is 2.36. The molecule has 0 saturated heterocycles. The number of aromatic nitrogens is 6. The summed E-state index contributed by atoms with van der Waals surface area (Å²) in [5, 5.41) is 5.08. The normalized spacial score (nSPS) is 12.4. The third-order valence-electron chi connectivity index (χ3n) is 7.01. The van der Waals surface area contributed by atoms with E-state index in [0.29, 0.717) is 22.5 Å². The number of benzene rings is 2. The molecule has 4 N–H and O–H groups in total. The van der Waals surface area contributed by atoms with E-state index in [1.54, 1.807) is 97.1 Å². The van der Waals surface area contributed by atoms with E-state index in [1.807, 2.05) is 0 Å². The summed E-state index contributed by atoms with van der Waals surface area (Å²) < 4.78 is 24.7. The first-order valence-electron chi connectivity index (χ1n) is 14.9. The van der Waals surface area contributed by atoms with Crippen LogP contribution >= 0.6 is 8.25 Å². The lowest BCUT2D eigenvalue weighted by Crippen LogP contribution is -2.35. The highest BCUT2D eigenvalue weighted by atomic mass is 31.1. The molecule has 0 spiro atoms. The van der Waals surface area contributed by atoms with Crippen LogP contribution in [0.25, 0.3) is 23.0 Å². The highest BCUT2D eigenvalue weighted by Crippen LogP contribution is 2.37. The van der Waals surface area contributed by atoms with Gasteiger partial charge in [0.1, 0.15) is 22.5 Å². The number of amides is 2. The molecular weight excluding hydrogens is 663 g/mol. The zero-order valence-electron chi connectivity index (χ0n) is 25.8. The summed E-state index contributed by atoms with van der Waals surface area (Å²) in [6, 6.07) is 26.7. The lowest BCUT2D eigenvalue weighted by Gasteiger charge is -2.16. The molecule has 0 saturated carbocycles. The number of hydrogen-bond acceptors (Lipinski definition) is 11. The number of aromatic amines is 2. The third kappa shape index (κ3) is 8.11. The second-order valence-electron chi connectivity index (χ2n) is 10.3. The quantitative estimate of drug-likeness (QED) is 0.106. The molecular formula is C34H26N8O7P+. The van der Waals surface area contributed by atoms with E-state index < -0.39 is 43.6 Å². The van der Waals surface area contributed by atoms with Gasteiger partial charge in [0.05, 0.1) is 0 Å². The van der Waals surface area contributed by atoms with Crippen LogP contribution in [-0.2, 0) is 13.6 Å². The Morgan fingerprint density at radius 3 is 1.34 bits per heavy atom. The van der Waals surface area contributed by atoms with Gasteiger partial charge in [-0.3, -0.25) is 29.1 Å². The molecule has 2 aromatic carbocycles. The first-order chi connectivity index (χ1) is 24.4. The standard InChI is InChI=1S/C34H25N8O7P/c43-29-23(19-37-27(39-29)25-15-7-9-17-35-25)31(45)41-33(21-11-3-1-4-12-21)48-50(47)49-34(22-13-5-2-6-14-22)42-32(46)24-20-38-28(40-30(24)44)26-16-8-10-18-36-26/h1-20,33-34H,(H3-,37,38,39,40,41,42,43,44,45,46)/p+1. The lowest BCUT2D eigenvalue weighted by molar-refractivity contribution is 0.0692. The number of rotatable bonds is 12. The van der Waals surface area contributed by atoms with Crippen LogP contribution in [0.15, 0.2) is 131 Å². The third-order valence-corrected chi connectivity index (χ3v) is 7.78. The van der Waals surface area contributed by atoms with Crippen LogP contribution in [-0.4, -0.2) is 41.7 Å². The Labute approximate surface area is 283 Å². The molecule has 0 aliphatic rings. The number of nitrogens with zero attached hydrogens (tertiary/aromatic N) is 4. The van der Waals surface area contributed by atoms with Gasteiger partial charge in [-0.25, -0.2) is 9.97 Å². The Hall–Kier alpha value is -6.54. The fourth-order valence-electron chi connectivity index (χ4n) is 4.57. The second kappa shape index (κ2) is 15.6. The number of carbonyl (C=O) groups excluding carboxylic acids is 2. The first kappa shape index (κ1) is 33.4. The average Bonchev–Trinajstić information content (AvgIpc) is 3.15. The molecule has 0 aliphatic heterocycles. The van der Waals surface area contributed by atoms with Gasteiger partial charge in [-0.15, -0.1) is 0 Å². The molecule has 50 heavy (non-hydrogen) atoms. The molecule has 4 heterocycles. The van der Waals surface area contributed by atoms with Crippen molar-refractivity contribution in [3.8, 4) is 23.0 Å². The molecule has 15 nitrogen and oxygen atoms in total. The van der Waals surface area contributed by atoms with Crippen LogP contribution in [0, 0.1) is 0 Å². The van der Waals surface area contributed by atoms with E-state index in [0.717, 1.165) is 12.4 Å². The molecule has 0 fully saturated rings. The topological polar surface area (TPSA) is 211 Å². The van der Waals surface area contributed by atoms with Gasteiger partial charge >= 0.3 is 8.25 Å². The molecule has 6 rings (SSSR count). The summed E-state index contributed by atoms with van der Waals surface area (Å²) in [6.45, 7) is 0. The van der Waals surface area contributed by atoms with Crippen molar-refractivity contribution in [2.75, 3.05) is 0 Å². The summed E-state index contributed by atoms with van der Waals surface area (Å²) in [7, 11) is -3.09. The first-order valence-corrected chi connectivity index (χ1v) is 16.0. The van der Waals surface area contributed by atoms with Crippen molar-refractivity contribution >= 4 is 20.1 Å². The summed E-state index contributed by atoms with van der Waals surface area (Å²) in [6.07, 6.45) is 2.51. The number of nitrogens with one attached hydrogen (secondary N) is 4. The maximum absolute atomic E-state index is 13.4. The van der Waals surface area contributed by atoms with Gasteiger partial charge in [-0.2, -0.15) is 0 Å². The van der Waals surface area contributed by atoms with Crippen molar-refractivity contribution in [1.29, 1.82) is 0 Å². The maximum atomic E-state index is 13.4. The van der Waals surface area contributed by atoms with Gasteiger partial charge in [0, 0.05) is 40.5 Å². The molecule has 0 bridgehead atoms. The molecule has 2 atom stereocenters.